The summed E-state index contributed by atoms with van der Waals surface area (Å²) in [6.45, 7) is -1.26. The van der Waals surface area contributed by atoms with E-state index in [9.17, 15) is 40.9 Å². The van der Waals surface area contributed by atoms with Gasteiger partial charge in [-0.3, -0.25) is 0 Å². The second-order valence-corrected chi connectivity index (χ2v) is 11.4. The molecule has 0 aromatic heterocycles. The van der Waals surface area contributed by atoms with Gasteiger partial charge in [0.25, 0.3) is 0 Å². The molecule has 0 aromatic rings. The van der Waals surface area contributed by atoms with Gasteiger partial charge in [-0.15, -0.1) is 0 Å². The Morgan fingerprint density at radius 3 is 2.02 bits per heavy atom. The molecule has 0 spiro atoms. The SMILES string of the molecule is NCC(O)CN[C@@H]1C[C@H](N)C(O[C@H]2O[C@H](CNCC(O)CO)[C@@H](O)[C@H](O)[C@H]2N)[C@H](O)[C@H]1O[C@H]1O[C@H](CO)[C@@H](O)[C@H](N)[C@H]1O. The molecule has 2 aliphatic heterocycles. The molecule has 19 nitrogen and oxygen atoms in total. The highest BCUT2D eigenvalue weighted by molar-refractivity contribution is 5.03. The Labute approximate surface area is 248 Å². The maximum absolute atomic E-state index is 11.5. The normalized spacial score (nSPS) is 45.6. The zero-order chi connectivity index (χ0) is 32.0. The molecular weight excluding hydrogens is 580 g/mol. The average molecular weight is 631 g/mol. The quantitative estimate of drug-likeness (QED) is 0.0846. The van der Waals surface area contributed by atoms with Crippen LogP contribution in [0.4, 0.5) is 0 Å². The van der Waals surface area contributed by atoms with Gasteiger partial charge in [0, 0.05) is 38.3 Å². The van der Waals surface area contributed by atoms with E-state index in [1.54, 1.807) is 0 Å². The first kappa shape index (κ1) is 36.7. The Hall–Kier alpha value is -0.760. The lowest BCUT2D eigenvalue weighted by molar-refractivity contribution is -0.320. The molecule has 3 rings (SSSR count). The predicted octanol–water partition coefficient (Wildman–Crippen LogP) is -9.39. The minimum absolute atomic E-state index is 0.00207. The van der Waals surface area contributed by atoms with E-state index in [1.165, 1.54) is 0 Å². The van der Waals surface area contributed by atoms with Gasteiger partial charge in [-0.25, -0.2) is 0 Å². The van der Waals surface area contributed by atoms with Crippen LogP contribution in [-0.2, 0) is 18.9 Å². The Morgan fingerprint density at radius 1 is 0.744 bits per heavy atom. The summed E-state index contributed by atoms with van der Waals surface area (Å²) in [5.41, 5.74) is 23.9. The van der Waals surface area contributed by atoms with Gasteiger partial charge in [0.05, 0.1) is 37.5 Å². The zero-order valence-corrected chi connectivity index (χ0v) is 23.7. The van der Waals surface area contributed by atoms with Gasteiger partial charge in [0.15, 0.2) is 12.6 Å². The molecule has 2 saturated heterocycles. The Balaban J connectivity index is 1.78. The molecule has 0 radical (unpaired) electrons. The smallest absolute Gasteiger partial charge is 0.186 e. The summed E-state index contributed by atoms with van der Waals surface area (Å²) in [6.07, 6.45) is -16.9. The molecule has 254 valence electrons. The third-order valence-corrected chi connectivity index (χ3v) is 8.11. The number of hydrogen-bond donors (Lipinski definition) is 15. The fraction of sp³-hybridized carbons (Fsp3) is 1.00. The number of aliphatic hydroxyl groups is 9. The highest BCUT2D eigenvalue weighted by atomic mass is 16.7. The van der Waals surface area contributed by atoms with Crippen molar-refractivity contribution in [2.24, 2.45) is 22.9 Å². The monoisotopic (exact) mass is 630 g/mol. The average Bonchev–Trinajstić information content (AvgIpc) is 2.99. The van der Waals surface area contributed by atoms with Crippen LogP contribution in [-0.4, -0.2) is 189 Å². The number of nitrogens with one attached hydrogen (secondary N) is 2. The van der Waals surface area contributed by atoms with Crippen LogP contribution < -0.4 is 33.6 Å². The van der Waals surface area contributed by atoms with Crippen molar-refractivity contribution in [2.75, 3.05) is 39.4 Å². The van der Waals surface area contributed by atoms with Crippen molar-refractivity contribution < 1.29 is 64.9 Å². The number of nitrogens with two attached hydrogens (primary N) is 4. The summed E-state index contributed by atoms with van der Waals surface area (Å²) >= 11 is 0. The Morgan fingerprint density at radius 2 is 1.40 bits per heavy atom. The van der Waals surface area contributed by atoms with Crippen LogP contribution in [0.5, 0.6) is 0 Å². The summed E-state index contributed by atoms with van der Waals surface area (Å²) in [6, 6.07) is -4.15. The van der Waals surface area contributed by atoms with Gasteiger partial charge in [-0.05, 0) is 6.42 Å². The molecule has 2 heterocycles. The lowest BCUT2D eigenvalue weighted by Crippen LogP contribution is -2.70. The molecule has 19 heteroatoms. The second kappa shape index (κ2) is 16.7. The van der Waals surface area contributed by atoms with Gasteiger partial charge in [0.1, 0.15) is 54.9 Å². The van der Waals surface area contributed by atoms with Crippen LogP contribution in [0.25, 0.3) is 0 Å². The van der Waals surface area contributed by atoms with E-state index in [0.717, 1.165) is 0 Å². The number of ether oxygens (including phenoxy) is 4. The van der Waals surface area contributed by atoms with Gasteiger partial charge in [-0.1, -0.05) is 0 Å². The van der Waals surface area contributed by atoms with Crippen molar-refractivity contribution in [3.05, 3.63) is 0 Å². The molecular formula is C24H50N6O13. The van der Waals surface area contributed by atoms with Crippen LogP contribution in [0.15, 0.2) is 0 Å². The fourth-order valence-corrected chi connectivity index (χ4v) is 5.41. The molecule has 17 atom stereocenters. The third kappa shape index (κ3) is 8.95. The molecule has 43 heavy (non-hydrogen) atoms. The van der Waals surface area contributed by atoms with Crippen molar-refractivity contribution in [1.82, 2.24) is 10.6 Å². The van der Waals surface area contributed by atoms with E-state index in [4.69, 9.17) is 47.0 Å². The molecule has 0 bridgehead atoms. The lowest BCUT2D eigenvalue weighted by atomic mass is 9.83. The van der Waals surface area contributed by atoms with Crippen molar-refractivity contribution >= 4 is 0 Å². The minimum Gasteiger partial charge on any atom is -0.394 e. The topological polar surface area (TPSA) is 347 Å². The van der Waals surface area contributed by atoms with Crippen molar-refractivity contribution in [3.8, 4) is 0 Å². The molecule has 1 aliphatic carbocycles. The zero-order valence-electron chi connectivity index (χ0n) is 23.7. The van der Waals surface area contributed by atoms with Crippen LogP contribution >= 0.6 is 0 Å². The van der Waals surface area contributed by atoms with E-state index in [-0.39, 0.29) is 32.6 Å². The molecule has 3 unspecified atom stereocenters. The lowest BCUT2D eigenvalue weighted by Gasteiger charge is -2.49. The van der Waals surface area contributed by atoms with E-state index in [2.05, 4.69) is 10.6 Å². The molecule has 0 amide bonds. The third-order valence-electron chi connectivity index (χ3n) is 8.11. The standard InChI is InChI=1S/C24H50N6O13/c25-2-8(33)4-30-11-1-10(26)21(20(39)22(11)43-24-19(38)14(27)16(35)13(7-32)41-24)42-23-15(28)18(37)17(36)12(40-23)5-29-3-9(34)6-31/h8-24,29-39H,1-7,25-28H2/t8?,9?,10-,11+,12+,13+,14-,15+,16+,17+,18+,19+,20-,21?,22-,23+,24+/m0/s1. The van der Waals surface area contributed by atoms with Crippen molar-refractivity contribution in [3.63, 3.8) is 0 Å². The molecule has 3 fully saturated rings. The van der Waals surface area contributed by atoms with Crippen LogP contribution in [0.2, 0.25) is 0 Å². The highest BCUT2D eigenvalue weighted by Crippen LogP contribution is 2.31. The van der Waals surface area contributed by atoms with Crippen LogP contribution in [0.3, 0.4) is 0 Å². The summed E-state index contributed by atoms with van der Waals surface area (Å²) in [5, 5.41) is 97.3. The summed E-state index contributed by atoms with van der Waals surface area (Å²) in [7, 11) is 0. The van der Waals surface area contributed by atoms with Crippen molar-refractivity contribution in [1.29, 1.82) is 0 Å². The molecule has 3 aliphatic rings. The van der Waals surface area contributed by atoms with Gasteiger partial charge in [-0.2, -0.15) is 0 Å². The van der Waals surface area contributed by atoms with Gasteiger partial charge < -0.3 is 98.5 Å². The van der Waals surface area contributed by atoms with Crippen molar-refractivity contribution in [2.45, 2.75) is 110 Å². The first-order valence-corrected chi connectivity index (χ1v) is 14.3. The first-order valence-electron chi connectivity index (χ1n) is 14.3. The fourth-order valence-electron chi connectivity index (χ4n) is 5.41. The predicted molar refractivity (Wildman–Crippen MR) is 146 cm³/mol. The summed E-state index contributed by atoms with van der Waals surface area (Å²) < 4.78 is 23.3. The van der Waals surface area contributed by atoms with Gasteiger partial charge >= 0.3 is 0 Å². The Kier molecular flexibility index (Phi) is 14.3. The maximum atomic E-state index is 11.5. The van der Waals surface area contributed by atoms with Gasteiger partial charge in [0.2, 0.25) is 0 Å². The largest absolute Gasteiger partial charge is 0.394 e. The molecule has 1 saturated carbocycles. The Bertz CT molecular complexity index is 826. The number of rotatable bonds is 14. The summed E-state index contributed by atoms with van der Waals surface area (Å²) in [5.74, 6) is 0. The van der Waals surface area contributed by atoms with E-state index in [1.807, 2.05) is 0 Å². The second-order valence-electron chi connectivity index (χ2n) is 11.4. The number of aliphatic hydroxyl groups excluding tert-OH is 9. The highest BCUT2D eigenvalue weighted by Gasteiger charge is 2.52. The minimum atomic E-state index is -1.56. The molecule has 19 N–H and O–H groups in total. The first-order chi connectivity index (χ1) is 20.3. The van der Waals surface area contributed by atoms with E-state index in [0.29, 0.717) is 0 Å². The summed E-state index contributed by atoms with van der Waals surface area (Å²) in [4.78, 5) is 0. The van der Waals surface area contributed by atoms with Crippen LogP contribution in [0, 0.1) is 0 Å². The van der Waals surface area contributed by atoms with Crippen LogP contribution in [0.1, 0.15) is 6.42 Å². The van der Waals surface area contributed by atoms with E-state index < -0.39 is 117 Å². The maximum Gasteiger partial charge on any atom is 0.186 e. The molecule has 0 aromatic carbocycles. The number of hydrogen-bond acceptors (Lipinski definition) is 19. The van der Waals surface area contributed by atoms with E-state index >= 15 is 0 Å².